The molecule has 5 nitrogen and oxygen atoms in total. The number of rotatable bonds is 4. The van der Waals surface area contributed by atoms with Crippen molar-refractivity contribution in [3.05, 3.63) is 57.2 Å². The molecule has 3 rings (SSSR count). The minimum Gasteiger partial charge on any atom is -0.368 e. The molecule has 2 heterocycles. The Hall–Kier alpha value is -1.53. The first-order valence-electron chi connectivity index (χ1n) is 7.80. The molecular formula is C17H17Cl3N4O. The summed E-state index contributed by atoms with van der Waals surface area (Å²) < 4.78 is 0. The van der Waals surface area contributed by atoms with Crippen molar-refractivity contribution in [2.45, 2.75) is 6.04 Å². The van der Waals surface area contributed by atoms with Crippen molar-refractivity contribution in [2.75, 3.05) is 31.1 Å². The molecule has 1 unspecified atom stereocenters. The van der Waals surface area contributed by atoms with Crippen LogP contribution in [0, 0.1) is 0 Å². The first kappa shape index (κ1) is 18.3. The Morgan fingerprint density at radius 2 is 1.68 bits per heavy atom. The van der Waals surface area contributed by atoms with Crippen molar-refractivity contribution < 1.29 is 4.79 Å². The largest absolute Gasteiger partial charge is 0.368 e. The highest BCUT2D eigenvalue weighted by Crippen LogP contribution is 2.29. The maximum Gasteiger partial charge on any atom is 0.239 e. The fourth-order valence-electron chi connectivity index (χ4n) is 3.03. The summed E-state index contributed by atoms with van der Waals surface area (Å²) in [6.45, 7) is 2.70. The molecule has 1 saturated heterocycles. The van der Waals surface area contributed by atoms with E-state index in [1.54, 1.807) is 24.4 Å². The average Bonchev–Trinajstić information content (AvgIpc) is 2.57. The quantitative estimate of drug-likeness (QED) is 0.856. The maximum absolute atomic E-state index is 12.0. The molecule has 25 heavy (non-hydrogen) atoms. The van der Waals surface area contributed by atoms with Crippen LogP contribution in [0.25, 0.3) is 0 Å². The third-order valence-corrected chi connectivity index (χ3v) is 4.96. The predicted molar refractivity (Wildman–Crippen MR) is 101 cm³/mol. The van der Waals surface area contributed by atoms with Gasteiger partial charge in [-0.3, -0.25) is 9.69 Å². The Morgan fingerprint density at radius 1 is 1.04 bits per heavy atom. The molecule has 132 valence electrons. The smallest absolute Gasteiger partial charge is 0.239 e. The minimum atomic E-state index is -0.479. The maximum atomic E-state index is 12.0. The summed E-state index contributed by atoms with van der Waals surface area (Å²) in [6.07, 6.45) is 1.58. The van der Waals surface area contributed by atoms with Crippen LogP contribution in [0.15, 0.2) is 36.5 Å². The fraction of sp³-hybridized carbons (Fsp3) is 0.294. The minimum absolute atomic E-state index is 0.376. The molecule has 0 radical (unpaired) electrons. The second kappa shape index (κ2) is 7.79. The molecular weight excluding hydrogens is 383 g/mol. The molecule has 1 aromatic heterocycles. The van der Waals surface area contributed by atoms with Crippen LogP contribution in [0.3, 0.4) is 0 Å². The second-order valence-electron chi connectivity index (χ2n) is 5.84. The number of halogens is 3. The number of primary amides is 1. The Balaban J connectivity index is 1.73. The fourth-order valence-corrected chi connectivity index (χ4v) is 3.66. The lowest BCUT2D eigenvalue weighted by atomic mass is 10.0. The number of nitrogens with two attached hydrogens (primary N) is 1. The second-order valence-corrected chi connectivity index (χ2v) is 7.12. The molecule has 0 aliphatic carbocycles. The van der Waals surface area contributed by atoms with Crippen molar-refractivity contribution in [3.63, 3.8) is 0 Å². The van der Waals surface area contributed by atoms with E-state index in [1.807, 2.05) is 12.1 Å². The van der Waals surface area contributed by atoms with Crippen LogP contribution < -0.4 is 10.6 Å². The number of benzene rings is 1. The van der Waals surface area contributed by atoms with Crippen molar-refractivity contribution >= 4 is 46.5 Å². The van der Waals surface area contributed by atoms with Crippen molar-refractivity contribution in [1.82, 2.24) is 9.88 Å². The van der Waals surface area contributed by atoms with Gasteiger partial charge in [-0.1, -0.05) is 46.9 Å². The zero-order valence-electron chi connectivity index (χ0n) is 13.3. The average molecular weight is 400 g/mol. The van der Waals surface area contributed by atoms with Crippen molar-refractivity contribution in [3.8, 4) is 0 Å². The van der Waals surface area contributed by atoms with Crippen LogP contribution in [0.1, 0.15) is 11.6 Å². The van der Waals surface area contributed by atoms with E-state index in [0.29, 0.717) is 47.1 Å². The number of hydrogen-bond donors (Lipinski definition) is 1. The summed E-state index contributed by atoms with van der Waals surface area (Å²) in [4.78, 5) is 20.5. The third-order valence-electron chi connectivity index (χ3n) is 4.22. The number of hydrogen-bond acceptors (Lipinski definition) is 4. The number of carbonyl (C=O) groups is 1. The number of pyridine rings is 1. The monoisotopic (exact) mass is 398 g/mol. The highest BCUT2D eigenvalue weighted by atomic mass is 35.5. The number of aromatic nitrogens is 1. The molecule has 8 heteroatoms. The molecule has 0 saturated carbocycles. The van der Waals surface area contributed by atoms with Crippen LogP contribution >= 0.6 is 34.8 Å². The highest BCUT2D eigenvalue weighted by Gasteiger charge is 2.29. The Labute approximate surface area is 161 Å². The first-order chi connectivity index (χ1) is 12.0. The Kier molecular flexibility index (Phi) is 5.69. The van der Waals surface area contributed by atoms with Gasteiger partial charge in [-0.05, 0) is 23.8 Å². The summed E-state index contributed by atoms with van der Waals surface area (Å²) in [5.41, 5.74) is 6.49. The van der Waals surface area contributed by atoms with Crippen LogP contribution in [-0.2, 0) is 4.79 Å². The molecule has 1 amide bonds. The van der Waals surface area contributed by atoms with Crippen LogP contribution in [0.5, 0.6) is 0 Å². The van der Waals surface area contributed by atoms with Gasteiger partial charge >= 0.3 is 0 Å². The predicted octanol–water partition coefficient (Wildman–Crippen LogP) is 3.39. The standard InChI is InChI=1S/C17H17Cl3N4O/c18-12-3-1-11(2-4-12)15(16(21)25)23-5-7-24(8-6-23)17-14(20)9-13(19)10-22-17/h1-4,9-10,15H,5-8H2,(H2,21,25). The number of amides is 1. The summed E-state index contributed by atoms with van der Waals surface area (Å²) in [6, 6.07) is 8.40. The molecule has 0 spiro atoms. The lowest BCUT2D eigenvalue weighted by Gasteiger charge is -2.39. The zero-order valence-corrected chi connectivity index (χ0v) is 15.6. The summed E-state index contributed by atoms with van der Waals surface area (Å²) in [5.74, 6) is 0.325. The molecule has 1 atom stereocenters. The van der Waals surface area contributed by atoms with Gasteiger partial charge in [0.1, 0.15) is 11.9 Å². The molecule has 2 aromatic rings. The van der Waals surface area contributed by atoms with Gasteiger partial charge in [-0.2, -0.15) is 0 Å². The van der Waals surface area contributed by atoms with E-state index in [0.717, 1.165) is 5.56 Å². The first-order valence-corrected chi connectivity index (χ1v) is 8.94. The van der Waals surface area contributed by atoms with E-state index in [4.69, 9.17) is 40.5 Å². The van der Waals surface area contributed by atoms with Crippen LogP contribution in [0.2, 0.25) is 15.1 Å². The highest BCUT2D eigenvalue weighted by molar-refractivity contribution is 6.36. The molecule has 1 fully saturated rings. The van der Waals surface area contributed by atoms with Gasteiger partial charge < -0.3 is 10.6 Å². The zero-order chi connectivity index (χ0) is 18.0. The van der Waals surface area contributed by atoms with Gasteiger partial charge in [-0.25, -0.2) is 4.98 Å². The van der Waals surface area contributed by atoms with E-state index < -0.39 is 6.04 Å². The van der Waals surface area contributed by atoms with Crippen LogP contribution in [0.4, 0.5) is 5.82 Å². The normalized spacial score (nSPS) is 16.7. The van der Waals surface area contributed by atoms with Gasteiger partial charge in [0.2, 0.25) is 5.91 Å². The van der Waals surface area contributed by atoms with Crippen LogP contribution in [-0.4, -0.2) is 42.0 Å². The molecule has 1 aliphatic rings. The summed E-state index contributed by atoms with van der Waals surface area (Å²) in [7, 11) is 0. The topological polar surface area (TPSA) is 62.5 Å². The lowest BCUT2D eigenvalue weighted by molar-refractivity contribution is -0.123. The number of piperazine rings is 1. The van der Waals surface area contributed by atoms with Gasteiger partial charge in [0, 0.05) is 37.4 Å². The van der Waals surface area contributed by atoms with Gasteiger partial charge in [0.25, 0.3) is 0 Å². The molecule has 2 N–H and O–H groups in total. The van der Waals surface area contributed by atoms with Gasteiger partial charge in [0.05, 0.1) is 10.0 Å². The third kappa shape index (κ3) is 4.18. The van der Waals surface area contributed by atoms with E-state index >= 15 is 0 Å². The Bertz CT molecular complexity index is 761. The van der Waals surface area contributed by atoms with E-state index in [1.165, 1.54) is 0 Å². The molecule has 0 bridgehead atoms. The number of carbonyl (C=O) groups excluding carboxylic acids is 1. The van der Waals surface area contributed by atoms with E-state index in [9.17, 15) is 4.79 Å². The summed E-state index contributed by atoms with van der Waals surface area (Å²) >= 11 is 18.1. The van der Waals surface area contributed by atoms with Gasteiger partial charge in [-0.15, -0.1) is 0 Å². The van der Waals surface area contributed by atoms with Crippen molar-refractivity contribution in [2.24, 2.45) is 5.73 Å². The lowest BCUT2D eigenvalue weighted by Crippen LogP contribution is -2.50. The Morgan fingerprint density at radius 3 is 2.24 bits per heavy atom. The SMILES string of the molecule is NC(=O)C(c1ccc(Cl)cc1)N1CCN(c2ncc(Cl)cc2Cl)CC1. The van der Waals surface area contributed by atoms with Gasteiger partial charge in [0.15, 0.2) is 0 Å². The van der Waals surface area contributed by atoms with E-state index in [-0.39, 0.29) is 5.91 Å². The number of nitrogens with zero attached hydrogens (tertiary/aromatic N) is 3. The molecule has 1 aromatic carbocycles. The number of anilines is 1. The van der Waals surface area contributed by atoms with E-state index in [2.05, 4.69) is 14.8 Å². The summed E-state index contributed by atoms with van der Waals surface area (Å²) in [5, 5.41) is 1.65. The van der Waals surface area contributed by atoms with Crippen molar-refractivity contribution in [1.29, 1.82) is 0 Å². The molecule has 1 aliphatic heterocycles.